The summed E-state index contributed by atoms with van der Waals surface area (Å²) in [6, 6.07) is 9.41. The average molecular weight is 296 g/mol. The number of para-hydroxylation sites is 2. The number of nitrogens with zero attached hydrogens (tertiary/aromatic N) is 4. The molecule has 0 atom stereocenters. The fourth-order valence-corrected chi connectivity index (χ4v) is 2.17. The predicted octanol–water partition coefficient (Wildman–Crippen LogP) is 2.52. The van der Waals surface area contributed by atoms with Gasteiger partial charge in [0.2, 0.25) is 5.91 Å². The third-order valence-corrected chi connectivity index (χ3v) is 3.42. The highest BCUT2D eigenvalue weighted by Crippen LogP contribution is 2.15. The standard InChI is InChI=1S/C16H16N4O2/c1-11-9-12(22-19-11)7-8-16(21)20(2)15-10-17-13-5-3-4-6-14(13)18-15/h3-6,9-10H,7-8H2,1-2H3. The summed E-state index contributed by atoms with van der Waals surface area (Å²) < 4.78 is 5.11. The fraction of sp³-hybridized carbons (Fsp3) is 0.250. The van der Waals surface area contributed by atoms with Crippen molar-refractivity contribution in [2.75, 3.05) is 11.9 Å². The van der Waals surface area contributed by atoms with Gasteiger partial charge in [0.05, 0.1) is 22.9 Å². The van der Waals surface area contributed by atoms with E-state index in [4.69, 9.17) is 4.52 Å². The van der Waals surface area contributed by atoms with Crippen LogP contribution in [-0.2, 0) is 11.2 Å². The molecule has 0 saturated carbocycles. The first-order chi connectivity index (χ1) is 10.6. The van der Waals surface area contributed by atoms with Crippen molar-refractivity contribution < 1.29 is 9.32 Å². The minimum Gasteiger partial charge on any atom is -0.361 e. The molecule has 6 nitrogen and oxygen atoms in total. The molecule has 0 bridgehead atoms. The Balaban J connectivity index is 1.71. The van der Waals surface area contributed by atoms with E-state index in [9.17, 15) is 4.79 Å². The van der Waals surface area contributed by atoms with Gasteiger partial charge >= 0.3 is 0 Å². The van der Waals surface area contributed by atoms with E-state index in [1.807, 2.05) is 37.3 Å². The number of fused-ring (bicyclic) bond motifs is 1. The summed E-state index contributed by atoms with van der Waals surface area (Å²) in [6.07, 6.45) is 2.46. The van der Waals surface area contributed by atoms with E-state index in [2.05, 4.69) is 15.1 Å². The largest absolute Gasteiger partial charge is 0.361 e. The van der Waals surface area contributed by atoms with Gasteiger partial charge < -0.3 is 4.52 Å². The summed E-state index contributed by atoms with van der Waals surface area (Å²) in [5.41, 5.74) is 2.39. The summed E-state index contributed by atoms with van der Waals surface area (Å²) in [5, 5.41) is 3.81. The van der Waals surface area contributed by atoms with Crippen LogP contribution in [0.25, 0.3) is 11.0 Å². The van der Waals surface area contributed by atoms with Gasteiger partial charge in [0.1, 0.15) is 5.76 Å². The molecule has 0 radical (unpaired) electrons. The Kier molecular flexibility index (Phi) is 3.82. The van der Waals surface area contributed by atoms with Crippen LogP contribution in [0.2, 0.25) is 0 Å². The van der Waals surface area contributed by atoms with Crippen molar-refractivity contribution in [3.63, 3.8) is 0 Å². The molecule has 0 spiro atoms. The monoisotopic (exact) mass is 296 g/mol. The van der Waals surface area contributed by atoms with Crippen LogP contribution in [0.5, 0.6) is 0 Å². The zero-order chi connectivity index (χ0) is 15.5. The SMILES string of the molecule is Cc1cc(CCC(=O)N(C)c2cnc3ccccc3n2)on1. The van der Waals surface area contributed by atoms with Gasteiger partial charge in [0, 0.05) is 26.0 Å². The molecule has 1 aromatic carbocycles. The van der Waals surface area contributed by atoms with Crippen molar-refractivity contribution in [1.82, 2.24) is 15.1 Å². The predicted molar refractivity (Wildman–Crippen MR) is 82.5 cm³/mol. The van der Waals surface area contributed by atoms with Crippen molar-refractivity contribution in [2.24, 2.45) is 0 Å². The Bertz CT molecular complexity index is 813. The molecule has 0 unspecified atom stereocenters. The minimum atomic E-state index is -0.0429. The van der Waals surface area contributed by atoms with Crippen molar-refractivity contribution >= 4 is 22.8 Å². The molecule has 0 fully saturated rings. The summed E-state index contributed by atoms with van der Waals surface area (Å²) in [4.78, 5) is 22.6. The second kappa shape index (κ2) is 5.93. The van der Waals surface area contributed by atoms with Crippen LogP contribution in [0.3, 0.4) is 0 Å². The smallest absolute Gasteiger partial charge is 0.228 e. The summed E-state index contributed by atoms with van der Waals surface area (Å²) in [6.45, 7) is 1.85. The molecule has 0 aliphatic heterocycles. The lowest BCUT2D eigenvalue weighted by atomic mass is 10.2. The molecule has 3 rings (SSSR count). The Labute approximate surface area is 127 Å². The molecule has 1 amide bonds. The van der Waals surface area contributed by atoms with Crippen molar-refractivity contribution in [3.05, 3.63) is 48.0 Å². The first-order valence-electron chi connectivity index (χ1n) is 7.04. The molecule has 0 aliphatic carbocycles. The zero-order valence-electron chi connectivity index (χ0n) is 12.5. The lowest BCUT2D eigenvalue weighted by Crippen LogP contribution is -2.27. The maximum atomic E-state index is 12.3. The second-order valence-corrected chi connectivity index (χ2v) is 5.10. The molecular formula is C16H16N4O2. The van der Waals surface area contributed by atoms with Gasteiger partial charge in [-0.25, -0.2) is 4.98 Å². The zero-order valence-corrected chi connectivity index (χ0v) is 12.5. The van der Waals surface area contributed by atoms with Crippen LogP contribution in [0.4, 0.5) is 5.82 Å². The van der Waals surface area contributed by atoms with Gasteiger partial charge in [-0.05, 0) is 19.1 Å². The molecule has 0 N–H and O–H groups in total. The van der Waals surface area contributed by atoms with Gasteiger partial charge in [-0.1, -0.05) is 17.3 Å². The highest BCUT2D eigenvalue weighted by atomic mass is 16.5. The topological polar surface area (TPSA) is 72.1 Å². The Morgan fingerprint density at radius 3 is 2.77 bits per heavy atom. The number of benzene rings is 1. The number of aromatic nitrogens is 3. The van der Waals surface area contributed by atoms with E-state index < -0.39 is 0 Å². The maximum absolute atomic E-state index is 12.3. The molecule has 22 heavy (non-hydrogen) atoms. The first kappa shape index (κ1) is 14.2. The van der Waals surface area contributed by atoms with Crippen molar-refractivity contribution in [2.45, 2.75) is 19.8 Å². The van der Waals surface area contributed by atoms with Gasteiger partial charge in [-0.15, -0.1) is 0 Å². The molecule has 2 aromatic heterocycles. The van der Waals surface area contributed by atoms with Crippen molar-refractivity contribution in [3.8, 4) is 0 Å². The minimum absolute atomic E-state index is 0.0429. The lowest BCUT2D eigenvalue weighted by Gasteiger charge is -2.15. The van der Waals surface area contributed by atoms with Crippen LogP contribution >= 0.6 is 0 Å². The quantitative estimate of drug-likeness (QED) is 0.739. The van der Waals surface area contributed by atoms with Crippen LogP contribution < -0.4 is 4.90 Å². The van der Waals surface area contributed by atoms with Crippen molar-refractivity contribution in [1.29, 1.82) is 0 Å². The van der Waals surface area contributed by atoms with E-state index in [0.29, 0.717) is 24.4 Å². The normalized spacial score (nSPS) is 10.8. The number of anilines is 1. The highest BCUT2D eigenvalue weighted by Gasteiger charge is 2.14. The molecule has 3 aromatic rings. The Hall–Kier alpha value is -2.76. The molecule has 112 valence electrons. The number of hydrogen-bond acceptors (Lipinski definition) is 5. The van der Waals surface area contributed by atoms with Gasteiger partial charge in [-0.2, -0.15) is 0 Å². The van der Waals surface area contributed by atoms with Gasteiger partial charge in [0.25, 0.3) is 0 Å². The summed E-state index contributed by atoms with van der Waals surface area (Å²) in [7, 11) is 1.70. The second-order valence-electron chi connectivity index (χ2n) is 5.10. The van der Waals surface area contributed by atoms with Crippen LogP contribution in [0, 0.1) is 6.92 Å². The third-order valence-electron chi connectivity index (χ3n) is 3.42. The number of amides is 1. The third kappa shape index (κ3) is 2.95. The average Bonchev–Trinajstić information content (AvgIpc) is 2.97. The Morgan fingerprint density at radius 2 is 2.05 bits per heavy atom. The van der Waals surface area contributed by atoms with Crippen LogP contribution in [0.1, 0.15) is 17.9 Å². The van der Waals surface area contributed by atoms with Gasteiger partial charge in [-0.3, -0.25) is 14.7 Å². The molecule has 0 aliphatic rings. The maximum Gasteiger partial charge on any atom is 0.228 e. The van der Waals surface area contributed by atoms with Crippen LogP contribution in [-0.4, -0.2) is 28.1 Å². The number of carbonyl (C=O) groups excluding carboxylic acids is 1. The molecule has 0 saturated heterocycles. The van der Waals surface area contributed by atoms with E-state index in [-0.39, 0.29) is 5.91 Å². The molecular weight excluding hydrogens is 280 g/mol. The summed E-state index contributed by atoms with van der Waals surface area (Å²) in [5.74, 6) is 1.21. The number of rotatable bonds is 4. The van der Waals surface area contributed by atoms with Gasteiger partial charge in [0.15, 0.2) is 5.82 Å². The first-order valence-corrected chi connectivity index (χ1v) is 7.04. The summed E-state index contributed by atoms with van der Waals surface area (Å²) >= 11 is 0. The highest BCUT2D eigenvalue weighted by molar-refractivity contribution is 5.92. The molecule has 2 heterocycles. The van der Waals surface area contributed by atoms with E-state index in [1.54, 1.807) is 13.2 Å². The lowest BCUT2D eigenvalue weighted by molar-refractivity contribution is -0.118. The number of hydrogen-bond donors (Lipinski definition) is 0. The number of carbonyl (C=O) groups is 1. The molecule has 6 heteroatoms. The van der Waals surface area contributed by atoms with E-state index >= 15 is 0 Å². The fourth-order valence-electron chi connectivity index (χ4n) is 2.17. The van der Waals surface area contributed by atoms with Crippen LogP contribution in [0.15, 0.2) is 41.1 Å². The van der Waals surface area contributed by atoms with E-state index in [0.717, 1.165) is 16.7 Å². The van der Waals surface area contributed by atoms with E-state index in [1.165, 1.54) is 4.90 Å². The number of aryl methyl sites for hydroxylation is 2. The Morgan fingerprint density at radius 1 is 1.27 bits per heavy atom.